The fourth-order valence-corrected chi connectivity index (χ4v) is 2.09. The first-order valence-corrected chi connectivity index (χ1v) is 6.07. The van der Waals surface area contributed by atoms with E-state index in [2.05, 4.69) is 18.4 Å². The molecule has 1 amide bonds. The molecule has 0 saturated carbocycles. The Morgan fingerprint density at radius 2 is 2.18 bits per heavy atom. The van der Waals surface area contributed by atoms with Crippen molar-refractivity contribution in [3.05, 3.63) is 18.7 Å². The Morgan fingerprint density at radius 1 is 1.47 bits per heavy atom. The van der Waals surface area contributed by atoms with Gasteiger partial charge in [-0.3, -0.25) is 11.8 Å². The minimum atomic E-state index is -0.167. The van der Waals surface area contributed by atoms with E-state index in [9.17, 15) is 4.79 Å². The van der Waals surface area contributed by atoms with Gasteiger partial charge in [0.2, 0.25) is 5.91 Å². The largest absolute Gasteiger partial charge is 0.462 e. The molecule has 97 valence electrons. The summed E-state index contributed by atoms with van der Waals surface area (Å²) < 4.78 is 0. The van der Waals surface area contributed by atoms with Gasteiger partial charge in [0.15, 0.2) is 0 Å². The van der Waals surface area contributed by atoms with Gasteiger partial charge in [-0.25, -0.2) is 0 Å². The first-order chi connectivity index (χ1) is 7.65. The molecular formula is C13H23N2OV-. The summed E-state index contributed by atoms with van der Waals surface area (Å²) in [6.45, 7) is 0. The van der Waals surface area contributed by atoms with Gasteiger partial charge >= 0.3 is 0 Å². The predicted molar refractivity (Wildman–Crippen MR) is 66.8 cm³/mol. The van der Waals surface area contributed by atoms with Crippen LogP contribution in [0.15, 0.2) is 11.6 Å². The second kappa shape index (κ2) is 8.79. The normalized spacial score (nSPS) is 17.5. The van der Waals surface area contributed by atoms with E-state index in [1.54, 1.807) is 19.0 Å². The van der Waals surface area contributed by atoms with Crippen LogP contribution in [0.25, 0.3) is 0 Å². The van der Waals surface area contributed by atoms with Crippen LogP contribution >= 0.6 is 0 Å². The molecule has 4 heteroatoms. The second-order valence-electron chi connectivity index (χ2n) is 4.66. The molecule has 0 aromatic carbocycles. The van der Waals surface area contributed by atoms with Crippen LogP contribution in [0.4, 0.5) is 0 Å². The smallest absolute Gasteiger partial charge is 0.237 e. The van der Waals surface area contributed by atoms with Crippen LogP contribution in [-0.4, -0.2) is 30.9 Å². The number of rotatable bonds is 4. The molecule has 3 nitrogen and oxygen atoms in total. The Labute approximate surface area is 117 Å². The summed E-state index contributed by atoms with van der Waals surface area (Å²) in [6.07, 6.45) is 9.26. The SMILES string of the molecule is [CH2-]NC(CC1=CCCCCC1)C(=O)N(C)C.[V]. The number of likely N-dealkylation sites (N-methyl/N-ethyl adjacent to an activating group) is 1. The Kier molecular flexibility index (Phi) is 8.66. The zero-order valence-corrected chi connectivity index (χ0v) is 12.3. The van der Waals surface area contributed by atoms with Gasteiger partial charge in [0.05, 0.1) is 6.04 Å². The number of allylic oxidation sites excluding steroid dienone is 1. The van der Waals surface area contributed by atoms with E-state index in [-0.39, 0.29) is 30.5 Å². The van der Waals surface area contributed by atoms with Gasteiger partial charge in [-0.2, -0.15) is 0 Å². The average Bonchev–Trinajstić information content (AvgIpc) is 2.53. The van der Waals surface area contributed by atoms with Crippen LogP contribution in [0, 0.1) is 7.05 Å². The van der Waals surface area contributed by atoms with Crippen LogP contribution in [0.1, 0.15) is 38.5 Å². The summed E-state index contributed by atoms with van der Waals surface area (Å²) in [7, 11) is 7.23. The molecule has 1 atom stereocenters. The molecule has 0 bridgehead atoms. The van der Waals surface area contributed by atoms with Crippen molar-refractivity contribution in [1.29, 1.82) is 0 Å². The van der Waals surface area contributed by atoms with E-state index in [0.717, 1.165) is 19.3 Å². The third kappa shape index (κ3) is 5.76. The Hall–Kier alpha value is -0.246. The first-order valence-electron chi connectivity index (χ1n) is 6.07. The van der Waals surface area contributed by atoms with Crippen LogP contribution in [0.3, 0.4) is 0 Å². The van der Waals surface area contributed by atoms with Crippen LogP contribution < -0.4 is 5.32 Å². The molecule has 0 heterocycles. The summed E-state index contributed by atoms with van der Waals surface area (Å²) in [5, 5.41) is 2.87. The number of nitrogens with zero attached hydrogens (tertiary/aromatic N) is 1. The standard InChI is InChI=1S/C13H23N2O.V/c1-14-12(13(16)15(2)3)10-11-8-6-4-5-7-9-11;/h8,12,14H,1,4-7,9-10H2,2-3H3;/q-1;. The topological polar surface area (TPSA) is 32.3 Å². The molecule has 0 aliphatic heterocycles. The monoisotopic (exact) mass is 274 g/mol. The van der Waals surface area contributed by atoms with Crippen molar-refractivity contribution in [1.82, 2.24) is 10.2 Å². The number of carbonyl (C=O) groups excluding carboxylic acids is 1. The fraction of sp³-hybridized carbons (Fsp3) is 0.692. The van der Waals surface area contributed by atoms with Gasteiger partial charge in [0.25, 0.3) is 0 Å². The number of amides is 1. The molecule has 1 radical (unpaired) electrons. The Bertz CT molecular complexity index is 264. The number of nitrogens with one attached hydrogen (secondary N) is 1. The maximum absolute atomic E-state index is 11.8. The van der Waals surface area contributed by atoms with Crippen molar-refractivity contribution >= 4 is 5.91 Å². The number of hydrogen-bond donors (Lipinski definition) is 1. The molecule has 0 aromatic rings. The van der Waals surface area contributed by atoms with E-state index in [1.807, 2.05) is 0 Å². The van der Waals surface area contributed by atoms with E-state index in [1.165, 1.54) is 24.8 Å². The molecule has 1 N–H and O–H groups in total. The van der Waals surface area contributed by atoms with E-state index in [4.69, 9.17) is 0 Å². The van der Waals surface area contributed by atoms with E-state index < -0.39 is 0 Å². The molecule has 0 fully saturated rings. The summed E-state index contributed by atoms with van der Waals surface area (Å²) in [5.74, 6) is 0.111. The van der Waals surface area contributed by atoms with Crippen LogP contribution in [0.5, 0.6) is 0 Å². The minimum Gasteiger partial charge on any atom is -0.462 e. The van der Waals surface area contributed by atoms with Crippen molar-refractivity contribution in [2.75, 3.05) is 14.1 Å². The first kappa shape index (κ1) is 16.8. The summed E-state index contributed by atoms with van der Waals surface area (Å²) in [5.41, 5.74) is 1.41. The van der Waals surface area contributed by atoms with Gasteiger partial charge in [-0.15, -0.1) is 0 Å². The summed E-state index contributed by atoms with van der Waals surface area (Å²) >= 11 is 0. The van der Waals surface area contributed by atoms with Crippen molar-refractivity contribution in [2.24, 2.45) is 0 Å². The molecule has 0 spiro atoms. The van der Waals surface area contributed by atoms with Gasteiger partial charge in [0.1, 0.15) is 0 Å². The maximum atomic E-state index is 11.8. The van der Waals surface area contributed by atoms with Crippen molar-refractivity contribution in [3.63, 3.8) is 0 Å². The molecule has 1 aliphatic carbocycles. The minimum absolute atomic E-state index is 0. The van der Waals surface area contributed by atoms with Gasteiger partial charge in [-0.05, 0) is 32.1 Å². The zero-order chi connectivity index (χ0) is 12.0. The molecule has 0 aromatic heterocycles. The van der Waals surface area contributed by atoms with E-state index in [0.29, 0.717) is 0 Å². The van der Waals surface area contributed by atoms with Gasteiger partial charge < -0.3 is 10.2 Å². The molecular weight excluding hydrogens is 251 g/mol. The third-order valence-corrected chi connectivity index (χ3v) is 3.09. The molecule has 1 rings (SSSR count). The number of hydrogen-bond acceptors (Lipinski definition) is 2. The van der Waals surface area contributed by atoms with Crippen LogP contribution in [0.2, 0.25) is 0 Å². The van der Waals surface area contributed by atoms with Crippen molar-refractivity contribution < 1.29 is 23.4 Å². The van der Waals surface area contributed by atoms with Gasteiger partial charge in [0, 0.05) is 32.7 Å². The van der Waals surface area contributed by atoms with Gasteiger partial charge in [-0.1, -0.05) is 18.1 Å². The molecule has 1 aliphatic rings. The van der Waals surface area contributed by atoms with Crippen molar-refractivity contribution in [3.8, 4) is 0 Å². The average molecular weight is 274 g/mol. The Balaban J connectivity index is 0.00000256. The third-order valence-electron chi connectivity index (χ3n) is 3.09. The maximum Gasteiger partial charge on any atom is 0.237 e. The summed E-state index contributed by atoms with van der Waals surface area (Å²) in [6, 6.07) is -0.167. The fourth-order valence-electron chi connectivity index (χ4n) is 2.09. The van der Waals surface area contributed by atoms with Crippen LogP contribution in [-0.2, 0) is 23.4 Å². The second-order valence-corrected chi connectivity index (χ2v) is 4.66. The quantitative estimate of drug-likeness (QED) is 0.629. The van der Waals surface area contributed by atoms with Crippen molar-refractivity contribution in [2.45, 2.75) is 44.6 Å². The zero-order valence-electron chi connectivity index (χ0n) is 10.9. The summed E-state index contributed by atoms with van der Waals surface area (Å²) in [4.78, 5) is 13.5. The number of carbonyl (C=O) groups is 1. The predicted octanol–water partition coefficient (Wildman–Crippen LogP) is 2.10. The van der Waals surface area contributed by atoms with E-state index >= 15 is 0 Å². The Morgan fingerprint density at radius 3 is 2.76 bits per heavy atom. The molecule has 0 saturated heterocycles. The molecule has 1 unspecified atom stereocenters. The molecule has 17 heavy (non-hydrogen) atoms.